The molecule has 0 bridgehead atoms. The van der Waals surface area contributed by atoms with E-state index in [0.29, 0.717) is 32.6 Å². The van der Waals surface area contributed by atoms with Gasteiger partial charge in [-0.15, -0.1) is 0 Å². The van der Waals surface area contributed by atoms with Crippen LogP contribution in [-0.4, -0.2) is 77.7 Å². The second-order valence-corrected chi connectivity index (χ2v) is 9.19. The van der Waals surface area contributed by atoms with Crippen LogP contribution in [0.25, 0.3) is 11.1 Å². The molecule has 1 heterocycles. The van der Waals surface area contributed by atoms with Crippen LogP contribution in [0.2, 0.25) is 0 Å². The minimum atomic E-state index is -0.870. The Morgan fingerprint density at radius 2 is 1.57 bits per heavy atom. The second-order valence-electron chi connectivity index (χ2n) is 9.19. The maximum atomic E-state index is 13.1. The number of amides is 2. The van der Waals surface area contributed by atoms with Crippen LogP contribution in [0.1, 0.15) is 43.7 Å². The van der Waals surface area contributed by atoms with Crippen molar-refractivity contribution in [3.63, 3.8) is 0 Å². The van der Waals surface area contributed by atoms with E-state index >= 15 is 0 Å². The Morgan fingerprint density at radius 3 is 2.11 bits per heavy atom. The maximum Gasteiger partial charge on any atom is 0.407 e. The molecule has 35 heavy (non-hydrogen) atoms. The highest BCUT2D eigenvalue weighted by atomic mass is 16.5. The van der Waals surface area contributed by atoms with E-state index in [1.165, 1.54) is 0 Å². The number of fused-ring (bicyclic) bond motifs is 3. The van der Waals surface area contributed by atoms with E-state index in [9.17, 15) is 19.5 Å². The number of hydrogen-bond donors (Lipinski definition) is 2. The summed E-state index contributed by atoms with van der Waals surface area (Å²) in [6.45, 7) is 5.65. The number of ether oxygens (including phenoxy) is 1. The molecule has 0 saturated carbocycles. The smallest absolute Gasteiger partial charge is 0.407 e. The van der Waals surface area contributed by atoms with Crippen LogP contribution in [0.3, 0.4) is 0 Å². The molecule has 1 aliphatic heterocycles. The van der Waals surface area contributed by atoms with Crippen LogP contribution in [0.5, 0.6) is 0 Å². The number of nitrogens with one attached hydrogen (secondary N) is 1. The summed E-state index contributed by atoms with van der Waals surface area (Å²) >= 11 is 0. The SMILES string of the molecule is CCC[C@H](NC(=O)OCC1c2ccccc2-c2ccccc21)C(=O)N1CCN(C(C)C(=O)O)CC1. The summed E-state index contributed by atoms with van der Waals surface area (Å²) in [4.78, 5) is 40.7. The van der Waals surface area contributed by atoms with Gasteiger partial charge >= 0.3 is 12.1 Å². The molecule has 8 heteroatoms. The summed E-state index contributed by atoms with van der Waals surface area (Å²) in [6.07, 6.45) is 0.641. The molecule has 1 aliphatic carbocycles. The zero-order valence-corrected chi connectivity index (χ0v) is 20.3. The molecule has 2 amide bonds. The zero-order chi connectivity index (χ0) is 24.9. The van der Waals surface area contributed by atoms with E-state index in [0.717, 1.165) is 28.7 Å². The molecule has 4 rings (SSSR count). The molecule has 186 valence electrons. The molecular formula is C27H33N3O5. The van der Waals surface area contributed by atoms with Crippen LogP contribution in [-0.2, 0) is 14.3 Å². The first kappa shape index (κ1) is 24.7. The van der Waals surface area contributed by atoms with Crippen molar-refractivity contribution in [2.75, 3.05) is 32.8 Å². The number of carboxylic acid groups (broad SMARTS) is 1. The number of carbonyl (C=O) groups is 3. The minimum Gasteiger partial charge on any atom is -0.480 e. The molecule has 2 atom stereocenters. The number of nitrogens with zero attached hydrogens (tertiary/aromatic N) is 2. The van der Waals surface area contributed by atoms with Gasteiger partial charge in [-0.05, 0) is 35.6 Å². The lowest BCUT2D eigenvalue weighted by atomic mass is 9.98. The van der Waals surface area contributed by atoms with Crippen molar-refractivity contribution in [3.8, 4) is 11.1 Å². The van der Waals surface area contributed by atoms with Gasteiger partial charge in [-0.1, -0.05) is 61.9 Å². The second kappa shape index (κ2) is 10.9. The van der Waals surface area contributed by atoms with E-state index in [1.807, 2.05) is 36.1 Å². The van der Waals surface area contributed by atoms with Gasteiger partial charge in [-0.2, -0.15) is 0 Å². The molecule has 2 aromatic rings. The third-order valence-corrected chi connectivity index (χ3v) is 7.04. The monoisotopic (exact) mass is 479 g/mol. The highest BCUT2D eigenvalue weighted by molar-refractivity contribution is 5.86. The number of piperazine rings is 1. The van der Waals surface area contributed by atoms with Gasteiger partial charge in [0.05, 0.1) is 0 Å². The fourth-order valence-electron chi connectivity index (χ4n) is 5.03. The molecule has 0 aromatic heterocycles. The average Bonchev–Trinajstić information content (AvgIpc) is 3.20. The van der Waals surface area contributed by atoms with E-state index in [2.05, 4.69) is 29.6 Å². The van der Waals surface area contributed by atoms with Crippen LogP contribution in [0.4, 0.5) is 4.79 Å². The Labute approximate surface area is 205 Å². The predicted octanol–water partition coefficient (Wildman–Crippen LogP) is 3.31. The van der Waals surface area contributed by atoms with Gasteiger partial charge in [0, 0.05) is 32.1 Å². The number of aliphatic carboxylic acids is 1. The van der Waals surface area contributed by atoms with Crippen LogP contribution < -0.4 is 5.32 Å². The summed E-state index contributed by atoms with van der Waals surface area (Å²) < 4.78 is 5.63. The molecule has 8 nitrogen and oxygen atoms in total. The Bertz CT molecular complexity index is 1030. The van der Waals surface area contributed by atoms with Crippen molar-refractivity contribution in [2.24, 2.45) is 0 Å². The molecule has 1 saturated heterocycles. The van der Waals surface area contributed by atoms with Crippen LogP contribution in [0, 0.1) is 0 Å². The molecule has 2 N–H and O–H groups in total. The molecule has 2 aromatic carbocycles. The summed E-state index contributed by atoms with van der Waals surface area (Å²) in [7, 11) is 0. The van der Waals surface area contributed by atoms with E-state index in [1.54, 1.807) is 11.8 Å². The first-order valence-electron chi connectivity index (χ1n) is 12.3. The van der Waals surface area contributed by atoms with Crippen molar-refractivity contribution in [1.82, 2.24) is 15.1 Å². The molecule has 0 radical (unpaired) electrons. The Hall–Kier alpha value is -3.39. The fraction of sp³-hybridized carbons (Fsp3) is 0.444. The molecule has 1 fully saturated rings. The van der Waals surface area contributed by atoms with Gasteiger partial charge < -0.3 is 20.1 Å². The first-order chi connectivity index (χ1) is 16.9. The largest absolute Gasteiger partial charge is 0.480 e. The molecule has 1 unspecified atom stereocenters. The lowest BCUT2D eigenvalue weighted by Crippen LogP contribution is -2.57. The van der Waals surface area contributed by atoms with Crippen LogP contribution >= 0.6 is 0 Å². The predicted molar refractivity (Wildman–Crippen MR) is 132 cm³/mol. The summed E-state index contributed by atoms with van der Waals surface area (Å²) in [5.41, 5.74) is 4.59. The van der Waals surface area contributed by atoms with Crippen molar-refractivity contribution in [2.45, 2.75) is 44.7 Å². The van der Waals surface area contributed by atoms with Gasteiger partial charge in [0.15, 0.2) is 0 Å². The van der Waals surface area contributed by atoms with E-state index in [-0.39, 0.29) is 18.4 Å². The van der Waals surface area contributed by atoms with Crippen molar-refractivity contribution >= 4 is 18.0 Å². The van der Waals surface area contributed by atoms with Gasteiger partial charge in [0.1, 0.15) is 18.7 Å². The quantitative estimate of drug-likeness (QED) is 0.603. The zero-order valence-electron chi connectivity index (χ0n) is 20.3. The van der Waals surface area contributed by atoms with Crippen LogP contribution in [0.15, 0.2) is 48.5 Å². The third kappa shape index (κ3) is 5.32. The van der Waals surface area contributed by atoms with Gasteiger partial charge in [-0.25, -0.2) is 4.79 Å². The highest BCUT2D eigenvalue weighted by Gasteiger charge is 2.32. The maximum absolute atomic E-state index is 13.1. The van der Waals surface area contributed by atoms with Gasteiger partial charge in [0.25, 0.3) is 0 Å². The normalized spacial score (nSPS) is 17.3. The number of hydrogen-bond acceptors (Lipinski definition) is 5. The number of rotatable bonds is 8. The number of carboxylic acids is 1. The highest BCUT2D eigenvalue weighted by Crippen LogP contribution is 2.44. The Balaban J connectivity index is 1.35. The lowest BCUT2D eigenvalue weighted by molar-refractivity contribution is -0.144. The number of carbonyl (C=O) groups excluding carboxylic acids is 2. The van der Waals surface area contributed by atoms with E-state index in [4.69, 9.17) is 4.74 Å². The fourth-order valence-corrected chi connectivity index (χ4v) is 5.03. The van der Waals surface area contributed by atoms with E-state index < -0.39 is 24.1 Å². The third-order valence-electron chi connectivity index (χ3n) is 7.04. The van der Waals surface area contributed by atoms with Crippen molar-refractivity contribution < 1.29 is 24.2 Å². The number of alkyl carbamates (subject to hydrolysis) is 1. The van der Waals surface area contributed by atoms with Crippen molar-refractivity contribution in [3.05, 3.63) is 59.7 Å². The van der Waals surface area contributed by atoms with Gasteiger partial charge in [-0.3, -0.25) is 14.5 Å². The van der Waals surface area contributed by atoms with Gasteiger partial charge in [0.2, 0.25) is 5.91 Å². The summed E-state index contributed by atoms with van der Waals surface area (Å²) in [6, 6.07) is 15.0. The summed E-state index contributed by atoms with van der Waals surface area (Å²) in [5.74, 6) is -1.06. The average molecular weight is 480 g/mol. The molecule has 2 aliphatic rings. The minimum absolute atomic E-state index is 0.0437. The Morgan fingerprint density at radius 1 is 1.00 bits per heavy atom. The van der Waals surface area contributed by atoms with Crippen molar-refractivity contribution in [1.29, 1.82) is 0 Å². The molecule has 0 spiro atoms. The Kier molecular flexibility index (Phi) is 7.70. The summed E-state index contributed by atoms with van der Waals surface area (Å²) in [5, 5.41) is 12.0. The number of benzene rings is 2. The standard InChI is InChI=1S/C27H33N3O5/c1-3-8-24(25(31)30-15-13-29(14-16-30)18(2)26(32)33)28-27(34)35-17-23-21-11-6-4-9-19(21)20-10-5-7-12-22(20)23/h4-7,9-12,18,23-24H,3,8,13-17H2,1-2H3,(H,28,34)(H,32,33)/t18?,24-/m0/s1. The lowest BCUT2D eigenvalue weighted by Gasteiger charge is -2.38. The topological polar surface area (TPSA) is 99.2 Å². The first-order valence-corrected chi connectivity index (χ1v) is 12.3. The molecular weight excluding hydrogens is 446 g/mol.